The van der Waals surface area contributed by atoms with Gasteiger partial charge in [-0.05, 0) is 41.4 Å². The lowest BCUT2D eigenvalue weighted by atomic mass is 9.58. The van der Waals surface area contributed by atoms with Gasteiger partial charge >= 0.3 is 0 Å². The van der Waals surface area contributed by atoms with Gasteiger partial charge in [0.1, 0.15) is 0 Å². The largest absolute Gasteiger partial charge is 0.0649 e. The van der Waals surface area contributed by atoms with E-state index in [9.17, 15) is 0 Å². The molecule has 0 nitrogen and oxygen atoms in total. The first-order valence-electron chi connectivity index (χ1n) is 7.74. The van der Waals surface area contributed by atoms with Gasteiger partial charge in [0.15, 0.2) is 0 Å². The van der Waals surface area contributed by atoms with Gasteiger partial charge < -0.3 is 0 Å². The van der Waals surface area contributed by atoms with Crippen LogP contribution in [-0.2, 0) is 0 Å². The Morgan fingerprint density at radius 2 is 1.41 bits per heavy atom. The SMILES string of the molecule is CCC(C)(C)C1CCC(C)C(C(C)(C)CC)C1. The molecule has 0 heterocycles. The topological polar surface area (TPSA) is 0 Å². The van der Waals surface area contributed by atoms with Gasteiger partial charge in [-0.2, -0.15) is 0 Å². The third-order valence-electron chi connectivity index (χ3n) is 6.13. The smallest absolute Gasteiger partial charge is 0.0326 e. The first-order chi connectivity index (χ1) is 7.74. The normalized spacial score (nSPS) is 31.6. The van der Waals surface area contributed by atoms with E-state index in [1.165, 1.54) is 32.1 Å². The van der Waals surface area contributed by atoms with Gasteiger partial charge in [0.05, 0.1) is 0 Å². The molecule has 0 radical (unpaired) electrons. The van der Waals surface area contributed by atoms with E-state index in [2.05, 4.69) is 48.5 Å². The Kier molecular flexibility index (Phi) is 4.72. The summed E-state index contributed by atoms with van der Waals surface area (Å²) in [5.41, 5.74) is 1.07. The standard InChI is InChI=1S/C17H34/c1-8-16(4,5)14-11-10-13(3)15(12-14)17(6,7)9-2/h13-15H,8-12H2,1-7H3. The van der Waals surface area contributed by atoms with Crippen LogP contribution in [0.1, 0.15) is 80.6 Å². The minimum Gasteiger partial charge on any atom is -0.0649 e. The van der Waals surface area contributed by atoms with E-state index in [0.29, 0.717) is 10.8 Å². The first-order valence-corrected chi connectivity index (χ1v) is 7.74. The van der Waals surface area contributed by atoms with Crippen LogP contribution in [0.5, 0.6) is 0 Å². The molecule has 0 aromatic carbocycles. The summed E-state index contributed by atoms with van der Waals surface area (Å²) in [6.45, 7) is 17.1. The average molecular weight is 238 g/mol. The Morgan fingerprint density at radius 1 is 0.882 bits per heavy atom. The molecule has 0 aromatic heterocycles. The van der Waals surface area contributed by atoms with Crippen molar-refractivity contribution in [1.29, 1.82) is 0 Å². The zero-order chi connectivity index (χ0) is 13.3. The molecule has 1 aliphatic rings. The second-order valence-corrected chi connectivity index (χ2v) is 7.78. The Hall–Kier alpha value is 0. The fourth-order valence-electron chi connectivity index (χ4n) is 3.67. The number of hydrogen-bond donors (Lipinski definition) is 0. The third kappa shape index (κ3) is 3.26. The second-order valence-electron chi connectivity index (χ2n) is 7.78. The van der Waals surface area contributed by atoms with Crippen LogP contribution >= 0.6 is 0 Å². The molecule has 3 unspecified atom stereocenters. The van der Waals surface area contributed by atoms with Crippen molar-refractivity contribution >= 4 is 0 Å². The highest BCUT2D eigenvalue weighted by atomic mass is 14.5. The highest BCUT2D eigenvalue weighted by Gasteiger charge is 2.41. The molecule has 1 fully saturated rings. The molecule has 0 saturated heterocycles. The molecule has 0 spiro atoms. The average Bonchev–Trinajstić information content (AvgIpc) is 2.29. The molecule has 102 valence electrons. The molecule has 1 aliphatic carbocycles. The van der Waals surface area contributed by atoms with Crippen molar-refractivity contribution in [2.75, 3.05) is 0 Å². The van der Waals surface area contributed by atoms with Crippen LogP contribution in [0.4, 0.5) is 0 Å². The fourth-order valence-corrected chi connectivity index (χ4v) is 3.67. The van der Waals surface area contributed by atoms with E-state index in [1.54, 1.807) is 0 Å². The molecule has 17 heavy (non-hydrogen) atoms. The highest BCUT2D eigenvalue weighted by molar-refractivity contribution is 4.91. The van der Waals surface area contributed by atoms with Crippen molar-refractivity contribution < 1.29 is 0 Å². The zero-order valence-corrected chi connectivity index (χ0v) is 13.3. The molecule has 3 atom stereocenters. The van der Waals surface area contributed by atoms with Crippen LogP contribution in [0.15, 0.2) is 0 Å². The van der Waals surface area contributed by atoms with Crippen LogP contribution in [0.2, 0.25) is 0 Å². The zero-order valence-electron chi connectivity index (χ0n) is 13.3. The lowest BCUT2D eigenvalue weighted by Crippen LogP contribution is -2.38. The number of hydrogen-bond acceptors (Lipinski definition) is 0. The summed E-state index contributed by atoms with van der Waals surface area (Å²) in [5.74, 6) is 2.80. The summed E-state index contributed by atoms with van der Waals surface area (Å²) in [4.78, 5) is 0. The van der Waals surface area contributed by atoms with Gasteiger partial charge in [0.2, 0.25) is 0 Å². The molecule has 0 N–H and O–H groups in total. The minimum absolute atomic E-state index is 0.530. The Labute approximate surface area is 110 Å². The fraction of sp³-hybridized carbons (Fsp3) is 1.00. The van der Waals surface area contributed by atoms with Gasteiger partial charge in [0, 0.05) is 0 Å². The summed E-state index contributed by atoms with van der Waals surface area (Å²) >= 11 is 0. The molecule has 0 amide bonds. The lowest BCUT2D eigenvalue weighted by Gasteiger charge is -2.48. The van der Waals surface area contributed by atoms with Gasteiger partial charge in [0.25, 0.3) is 0 Å². The molecular formula is C17H34. The van der Waals surface area contributed by atoms with E-state index >= 15 is 0 Å². The molecule has 0 aromatic rings. The maximum absolute atomic E-state index is 2.48. The summed E-state index contributed by atoms with van der Waals surface area (Å²) in [6.07, 6.45) is 7.01. The van der Waals surface area contributed by atoms with Crippen LogP contribution < -0.4 is 0 Å². The van der Waals surface area contributed by atoms with Crippen molar-refractivity contribution in [3.8, 4) is 0 Å². The van der Waals surface area contributed by atoms with Crippen LogP contribution in [0.25, 0.3) is 0 Å². The highest BCUT2D eigenvalue weighted by Crippen LogP contribution is 2.50. The molecule has 0 bridgehead atoms. The number of rotatable bonds is 4. The Bertz CT molecular complexity index is 236. The molecule has 1 rings (SSSR count). The minimum atomic E-state index is 0.530. The van der Waals surface area contributed by atoms with Gasteiger partial charge in [-0.3, -0.25) is 0 Å². The second kappa shape index (κ2) is 5.33. The summed E-state index contributed by atoms with van der Waals surface area (Å²) in [6, 6.07) is 0. The van der Waals surface area contributed by atoms with Crippen molar-refractivity contribution in [1.82, 2.24) is 0 Å². The third-order valence-corrected chi connectivity index (χ3v) is 6.13. The van der Waals surface area contributed by atoms with Crippen LogP contribution in [0, 0.1) is 28.6 Å². The van der Waals surface area contributed by atoms with Crippen LogP contribution in [-0.4, -0.2) is 0 Å². The van der Waals surface area contributed by atoms with E-state index < -0.39 is 0 Å². The Balaban J connectivity index is 2.79. The Morgan fingerprint density at radius 3 is 1.88 bits per heavy atom. The summed E-state index contributed by atoms with van der Waals surface area (Å²) in [5, 5.41) is 0. The summed E-state index contributed by atoms with van der Waals surface area (Å²) < 4.78 is 0. The monoisotopic (exact) mass is 238 g/mol. The van der Waals surface area contributed by atoms with Crippen molar-refractivity contribution in [3.63, 3.8) is 0 Å². The van der Waals surface area contributed by atoms with E-state index in [0.717, 1.165) is 17.8 Å². The van der Waals surface area contributed by atoms with Gasteiger partial charge in [-0.25, -0.2) is 0 Å². The van der Waals surface area contributed by atoms with E-state index in [-0.39, 0.29) is 0 Å². The van der Waals surface area contributed by atoms with Crippen molar-refractivity contribution in [2.24, 2.45) is 28.6 Å². The van der Waals surface area contributed by atoms with Crippen molar-refractivity contribution in [2.45, 2.75) is 80.6 Å². The quantitative estimate of drug-likeness (QED) is 0.571. The summed E-state index contributed by atoms with van der Waals surface area (Å²) in [7, 11) is 0. The van der Waals surface area contributed by atoms with E-state index in [1.807, 2.05) is 0 Å². The molecule has 0 aliphatic heterocycles. The lowest BCUT2D eigenvalue weighted by molar-refractivity contribution is 0.0242. The van der Waals surface area contributed by atoms with Gasteiger partial charge in [-0.1, -0.05) is 67.7 Å². The first kappa shape index (κ1) is 15.1. The maximum atomic E-state index is 2.48. The van der Waals surface area contributed by atoms with Crippen molar-refractivity contribution in [3.05, 3.63) is 0 Å². The van der Waals surface area contributed by atoms with E-state index in [4.69, 9.17) is 0 Å². The molecule has 1 saturated carbocycles. The predicted octanol–water partition coefficient (Wildman–Crippen LogP) is 5.91. The predicted molar refractivity (Wildman–Crippen MR) is 78.1 cm³/mol. The van der Waals surface area contributed by atoms with Crippen LogP contribution in [0.3, 0.4) is 0 Å². The maximum Gasteiger partial charge on any atom is -0.0326 e. The van der Waals surface area contributed by atoms with Gasteiger partial charge in [-0.15, -0.1) is 0 Å². The molecule has 0 heteroatoms. The molecular weight excluding hydrogens is 204 g/mol.